The lowest BCUT2D eigenvalue weighted by Crippen LogP contribution is -2.19. The van der Waals surface area contributed by atoms with Crippen molar-refractivity contribution < 1.29 is 18.3 Å². The van der Waals surface area contributed by atoms with Crippen LogP contribution in [0.1, 0.15) is 20.3 Å². The molecule has 2 nitrogen and oxygen atoms in total. The number of hydrogen-bond donors (Lipinski definition) is 0. The van der Waals surface area contributed by atoms with E-state index < -0.39 is 12.2 Å². The molecule has 0 aromatic rings. The van der Waals surface area contributed by atoms with E-state index in [2.05, 4.69) is 4.74 Å². The maximum atomic E-state index is 12.3. The van der Waals surface area contributed by atoms with Gasteiger partial charge in [0, 0.05) is 0 Å². The Labute approximate surface area is 64.5 Å². The number of ether oxygens (including phenoxy) is 2. The van der Waals surface area contributed by atoms with Gasteiger partial charge in [0.1, 0.15) is 0 Å². The first kappa shape index (κ1) is 8.87. The van der Waals surface area contributed by atoms with Crippen LogP contribution in [0.4, 0.5) is 8.78 Å². The molecule has 1 saturated heterocycles. The zero-order valence-electron chi connectivity index (χ0n) is 6.64. The highest BCUT2D eigenvalue weighted by molar-refractivity contribution is 4.72. The molecule has 66 valence electrons. The van der Waals surface area contributed by atoms with Crippen LogP contribution in [0.2, 0.25) is 0 Å². The molecule has 0 spiro atoms. The summed E-state index contributed by atoms with van der Waals surface area (Å²) in [5.41, 5.74) is 0. The molecule has 0 unspecified atom stereocenters. The summed E-state index contributed by atoms with van der Waals surface area (Å²) in [7, 11) is 0. The van der Waals surface area contributed by atoms with E-state index in [1.807, 2.05) is 13.8 Å². The van der Waals surface area contributed by atoms with Crippen molar-refractivity contribution in [3.63, 3.8) is 0 Å². The fourth-order valence-corrected chi connectivity index (χ4v) is 1.07. The molecule has 1 rings (SSSR count). The summed E-state index contributed by atoms with van der Waals surface area (Å²) in [6.07, 6.45) is -3.74. The molecule has 1 fully saturated rings. The summed E-state index contributed by atoms with van der Waals surface area (Å²) in [5.74, 6) is 0. The minimum Gasteiger partial charge on any atom is -0.373 e. The molecule has 1 aliphatic rings. The molecule has 0 aromatic carbocycles. The Balaban J connectivity index is 2.31. The number of alkyl halides is 2. The van der Waals surface area contributed by atoms with Crippen molar-refractivity contribution in [2.75, 3.05) is 6.61 Å². The average Bonchev–Trinajstić information content (AvgIpc) is 2.08. The standard InChI is InChI=1S/C7H12F2O2/c1-5(2)11-6-3-7(8,9)10-4-6/h5-6H,3-4H2,1-2H3/t6-/m1/s1. The van der Waals surface area contributed by atoms with Crippen molar-refractivity contribution in [3.8, 4) is 0 Å². The second-order valence-electron chi connectivity index (χ2n) is 2.96. The molecular weight excluding hydrogens is 154 g/mol. The van der Waals surface area contributed by atoms with Crippen molar-refractivity contribution in [2.24, 2.45) is 0 Å². The SMILES string of the molecule is CC(C)O[C@H]1COC(F)(F)C1. The van der Waals surface area contributed by atoms with Crippen LogP contribution in [0, 0.1) is 0 Å². The molecule has 1 aliphatic heterocycles. The smallest absolute Gasteiger partial charge is 0.358 e. The van der Waals surface area contributed by atoms with Crippen LogP contribution in [0.15, 0.2) is 0 Å². The third kappa shape index (κ3) is 2.71. The highest BCUT2D eigenvalue weighted by atomic mass is 19.3. The van der Waals surface area contributed by atoms with E-state index in [1.54, 1.807) is 0 Å². The average molecular weight is 166 g/mol. The lowest BCUT2D eigenvalue weighted by Gasteiger charge is -2.12. The van der Waals surface area contributed by atoms with Crippen LogP contribution in [0.3, 0.4) is 0 Å². The van der Waals surface area contributed by atoms with Crippen molar-refractivity contribution in [3.05, 3.63) is 0 Å². The van der Waals surface area contributed by atoms with Crippen LogP contribution in [-0.4, -0.2) is 24.9 Å². The van der Waals surface area contributed by atoms with Crippen LogP contribution < -0.4 is 0 Å². The van der Waals surface area contributed by atoms with Gasteiger partial charge in [-0.25, -0.2) is 0 Å². The van der Waals surface area contributed by atoms with Gasteiger partial charge in [0.25, 0.3) is 0 Å². The molecule has 0 N–H and O–H groups in total. The molecule has 1 heterocycles. The van der Waals surface area contributed by atoms with Gasteiger partial charge in [0.2, 0.25) is 0 Å². The van der Waals surface area contributed by atoms with E-state index in [4.69, 9.17) is 4.74 Å². The normalized spacial score (nSPS) is 29.7. The second kappa shape index (κ2) is 3.03. The first-order valence-corrected chi connectivity index (χ1v) is 3.67. The van der Waals surface area contributed by atoms with Gasteiger partial charge in [-0.1, -0.05) is 0 Å². The van der Waals surface area contributed by atoms with E-state index in [1.165, 1.54) is 0 Å². The van der Waals surface area contributed by atoms with Gasteiger partial charge < -0.3 is 9.47 Å². The highest BCUT2D eigenvalue weighted by Crippen LogP contribution is 2.30. The van der Waals surface area contributed by atoms with Gasteiger partial charge in [-0.2, -0.15) is 8.78 Å². The minimum absolute atomic E-state index is 0.00514. The van der Waals surface area contributed by atoms with E-state index in [-0.39, 0.29) is 19.1 Å². The number of rotatable bonds is 2. The van der Waals surface area contributed by atoms with Gasteiger partial charge in [-0.05, 0) is 13.8 Å². The quantitative estimate of drug-likeness (QED) is 0.622. The molecule has 0 saturated carbocycles. The fraction of sp³-hybridized carbons (Fsp3) is 1.00. The van der Waals surface area contributed by atoms with Gasteiger partial charge in [-0.3, -0.25) is 0 Å². The summed E-state index contributed by atoms with van der Waals surface area (Å²) in [4.78, 5) is 0. The topological polar surface area (TPSA) is 18.5 Å². The maximum absolute atomic E-state index is 12.3. The summed E-state index contributed by atoms with van der Waals surface area (Å²) >= 11 is 0. The van der Waals surface area contributed by atoms with E-state index in [0.29, 0.717) is 0 Å². The van der Waals surface area contributed by atoms with E-state index in [9.17, 15) is 8.78 Å². The monoisotopic (exact) mass is 166 g/mol. The predicted octanol–water partition coefficient (Wildman–Crippen LogP) is 1.79. The Hall–Kier alpha value is -0.220. The highest BCUT2D eigenvalue weighted by Gasteiger charge is 2.41. The molecule has 0 aliphatic carbocycles. The Morgan fingerprint density at radius 1 is 1.55 bits per heavy atom. The van der Waals surface area contributed by atoms with Gasteiger partial charge in [-0.15, -0.1) is 0 Å². The maximum Gasteiger partial charge on any atom is 0.358 e. The largest absolute Gasteiger partial charge is 0.373 e. The Morgan fingerprint density at radius 3 is 2.55 bits per heavy atom. The van der Waals surface area contributed by atoms with Crippen LogP contribution >= 0.6 is 0 Å². The first-order valence-electron chi connectivity index (χ1n) is 3.67. The molecular formula is C7H12F2O2. The van der Waals surface area contributed by atoms with E-state index >= 15 is 0 Å². The zero-order valence-corrected chi connectivity index (χ0v) is 6.64. The zero-order chi connectivity index (χ0) is 8.48. The lowest BCUT2D eigenvalue weighted by atomic mass is 10.3. The van der Waals surface area contributed by atoms with Gasteiger partial charge in [0.15, 0.2) is 0 Å². The summed E-state index contributed by atoms with van der Waals surface area (Å²) in [6, 6.07) is 0. The lowest BCUT2D eigenvalue weighted by molar-refractivity contribution is -0.205. The second-order valence-corrected chi connectivity index (χ2v) is 2.96. The first-order chi connectivity index (χ1) is 4.99. The molecule has 11 heavy (non-hydrogen) atoms. The third-order valence-electron chi connectivity index (χ3n) is 1.41. The van der Waals surface area contributed by atoms with Crippen molar-refractivity contribution in [1.82, 2.24) is 0 Å². The number of hydrogen-bond acceptors (Lipinski definition) is 2. The van der Waals surface area contributed by atoms with Crippen LogP contribution in [-0.2, 0) is 9.47 Å². The molecule has 0 aromatic heterocycles. The molecule has 0 bridgehead atoms. The third-order valence-corrected chi connectivity index (χ3v) is 1.41. The number of halogens is 2. The Morgan fingerprint density at radius 2 is 2.18 bits per heavy atom. The van der Waals surface area contributed by atoms with Crippen molar-refractivity contribution in [1.29, 1.82) is 0 Å². The van der Waals surface area contributed by atoms with Gasteiger partial charge in [0.05, 0.1) is 25.2 Å². The molecule has 0 amide bonds. The fourth-order valence-electron chi connectivity index (χ4n) is 1.07. The van der Waals surface area contributed by atoms with E-state index in [0.717, 1.165) is 0 Å². The Kier molecular flexibility index (Phi) is 2.44. The molecule has 4 heteroatoms. The minimum atomic E-state index is -2.97. The molecule has 1 atom stereocenters. The van der Waals surface area contributed by atoms with Crippen LogP contribution in [0.25, 0.3) is 0 Å². The summed E-state index contributed by atoms with van der Waals surface area (Å²) < 4.78 is 34.0. The van der Waals surface area contributed by atoms with Crippen molar-refractivity contribution >= 4 is 0 Å². The van der Waals surface area contributed by atoms with Gasteiger partial charge >= 0.3 is 6.11 Å². The molecule has 0 radical (unpaired) electrons. The van der Waals surface area contributed by atoms with Crippen molar-refractivity contribution in [2.45, 2.75) is 38.6 Å². The summed E-state index contributed by atoms with van der Waals surface area (Å²) in [5, 5.41) is 0. The predicted molar refractivity (Wildman–Crippen MR) is 35.5 cm³/mol. The summed E-state index contributed by atoms with van der Waals surface area (Å²) in [6.45, 7) is 3.64. The Bertz CT molecular complexity index is 136. The van der Waals surface area contributed by atoms with Crippen LogP contribution in [0.5, 0.6) is 0 Å².